The number of allylic oxidation sites excluding steroid dienone is 1. The molecule has 1 saturated heterocycles. The van der Waals surface area contributed by atoms with Crippen LogP contribution in [0.1, 0.15) is 12.8 Å². The number of sulfonamides is 1. The molecule has 76 valence electrons. The van der Waals surface area contributed by atoms with Gasteiger partial charge in [0, 0.05) is 12.5 Å². The Morgan fingerprint density at radius 3 is 2.85 bits per heavy atom. The number of hydrogen-bond donors (Lipinski definition) is 1. The molecule has 1 heterocycles. The highest BCUT2D eigenvalue weighted by atomic mass is 32.2. The molecule has 0 radical (unpaired) electrons. The van der Waals surface area contributed by atoms with Crippen molar-refractivity contribution in [2.45, 2.75) is 18.1 Å². The van der Waals surface area contributed by atoms with Crippen molar-refractivity contribution in [3.8, 4) is 0 Å². The van der Waals surface area contributed by atoms with Crippen molar-refractivity contribution in [2.24, 2.45) is 11.1 Å². The van der Waals surface area contributed by atoms with Gasteiger partial charge in [-0.15, -0.1) is 6.58 Å². The van der Waals surface area contributed by atoms with Crippen molar-refractivity contribution in [3.63, 3.8) is 0 Å². The van der Waals surface area contributed by atoms with E-state index in [-0.39, 0.29) is 5.92 Å². The second-order valence-electron chi connectivity index (χ2n) is 3.28. The molecule has 0 unspecified atom stereocenters. The van der Waals surface area contributed by atoms with E-state index in [1.54, 1.807) is 6.08 Å². The Labute approximate surface area is 78.8 Å². The highest BCUT2D eigenvalue weighted by Gasteiger charge is 2.32. The molecule has 5 heteroatoms. The normalized spacial score (nSPS) is 29.9. The molecule has 1 fully saturated rings. The molecular formula is C8H15NO3S. The van der Waals surface area contributed by atoms with Crippen molar-refractivity contribution in [1.82, 2.24) is 0 Å². The fourth-order valence-electron chi connectivity index (χ4n) is 1.64. The summed E-state index contributed by atoms with van der Waals surface area (Å²) in [4.78, 5) is 0. The highest BCUT2D eigenvalue weighted by Crippen LogP contribution is 2.23. The van der Waals surface area contributed by atoms with Gasteiger partial charge in [-0.2, -0.15) is 0 Å². The SMILES string of the molecule is C=CC[C@@H]1COCC[C@H]1S(N)(=O)=O. The number of rotatable bonds is 3. The Morgan fingerprint density at radius 1 is 1.62 bits per heavy atom. The number of nitrogens with two attached hydrogens (primary N) is 1. The van der Waals surface area contributed by atoms with Crippen molar-refractivity contribution in [2.75, 3.05) is 13.2 Å². The van der Waals surface area contributed by atoms with Crippen molar-refractivity contribution >= 4 is 10.0 Å². The molecule has 1 aliphatic rings. The lowest BCUT2D eigenvalue weighted by Gasteiger charge is -2.28. The molecule has 1 aliphatic heterocycles. The molecule has 2 N–H and O–H groups in total. The molecule has 0 aromatic carbocycles. The van der Waals surface area contributed by atoms with Gasteiger partial charge < -0.3 is 4.74 Å². The average Bonchev–Trinajstić information content (AvgIpc) is 2.04. The third-order valence-electron chi connectivity index (χ3n) is 2.30. The van der Waals surface area contributed by atoms with Crippen LogP contribution in [-0.4, -0.2) is 26.9 Å². The smallest absolute Gasteiger partial charge is 0.212 e. The molecule has 0 bridgehead atoms. The van der Waals surface area contributed by atoms with Gasteiger partial charge in [0.15, 0.2) is 0 Å². The third-order valence-corrected chi connectivity index (χ3v) is 3.76. The molecule has 1 rings (SSSR count). The maximum atomic E-state index is 11.2. The van der Waals surface area contributed by atoms with E-state index in [1.165, 1.54) is 0 Å². The zero-order valence-electron chi connectivity index (χ0n) is 7.48. The van der Waals surface area contributed by atoms with Gasteiger partial charge >= 0.3 is 0 Å². The maximum absolute atomic E-state index is 11.2. The first-order valence-corrected chi connectivity index (χ1v) is 5.87. The van der Waals surface area contributed by atoms with Crippen LogP contribution < -0.4 is 5.14 Å². The molecule has 0 saturated carbocycles. The summed E-state index contributed by atoms with van der Waals surface area (Å²) >= 11 is 0. The lowest BCUT2D eigenvalue weighted by Crippen LogP contribution is -2.41. The molecular weight excluding hydrogens is 190 g/mol. The van der Waals surface area contributed by atoms with Crippen LogP contribution >= 0.6 is 0 Å². The van der Waals surface area contributed by atoms with Crippen LogP contribution in [0, 0.1) is 5.92 Å². The van der Waals surface area contributed by atoms with E-state index in [1.807, 2.05) is 0 Å². The number of hydrogen-bond acceptors (Lipinski definition) is 3. The summed E-state index contributed by atoms with van der Waals surface area (Å²) in [6, 6.07) is 0. The van der Waals surface area contributed by atoms with Crippen molar-refractivity contribution in [3.05, 3.63) is 12.7 Å². The largest absolute Gasteiger partial charge is 0.381 e. The predicted molar refractivity (Wildman–Crippen MR) is 50.6 cm³/mol. The van der Waals surface area contributed by atoms with Crippen molar-refractivity contribution in [1.29, 1.82) is 0 Å². The predicted octanol–water partition coefficient (Wildman–Crippen LogP) is 0.256. The average molecular weight is 205 g/mol. The zero-order chi connectivity index (χ0) is 9.90. The minimum absolute atomic E-state index is 0.0266. The van der Waals surface area contributed by atoms with Gasteiger partial charge in [-0.05, 0) is 12.8 Å². The highest BCUT2D eigenvalue weighted by molar-refractivity contribution is 7.89. The molecule has 4 nitrogen and oxygen atoms in total. The van der Waals surface area contributed by atoms with Crippen LogP contribution in [0.3, 0.4) is 0 Å². The van der Waals surface area contributed by atoms with Crippen LogP contribution in [0.4, 0.5) is 0 Å². The Morgan fingerprint density at radius 2 is 2.31 bits per heavy atom. The van der Waals surface area contributed by atoms with Crippen LogP contribution in [0.15, 0.2) is 12.7 Å². The van der Waals surface area contributed by atoms with Gasteiger partial charge in [-0.1, -0.05) is 6.08 Å². The molecule has 0 aliphatic carbocycles. The molecule has 0 amide bonds. The molecule has 0 spiro atoms. The fourth-order valence-corrected chi connectivity index (χ4v) is 2.79. The molecule has 0 aromatic rings. The summed E-state index contributed by atoms with van der Waals surface area (Å²) in [6.45, 7) is 4.53. The first-order chi connectivity index (χ1) is 6.05. The zero-order valence-corrected chi connectivity index (χ0v) is 8.29. The fraction of sp³-hybridized carbons (Fsp3) is 0.750. The first-order valence-electron chi connectivity index (χ1n) is 4.26. The minimum Gasteiger partial charge on any atom is -0.381 e. The standard InChI is InChI=1S/C8H15NO3S/c1-2-3-7-6-12-5-4-8(7)13(9,10)11/h2,7-8H,1,3-6H2,(H2,9,10,11)/t7-,8-/m1/s1. The second-order valence-corrected chi connectivity index (χ2v) is 5.06. The van der Waals surface area contributed by atoms with E-state index in [9.17, 15) is 8.42 Å². The van der Waals surface area contributed by atoms with Gasteiger partial charge in [0.1, 0.15) is 0 Å². The Kier molecular flexibility index (Phi) is 3.47. The van der Waals surface area contributed by atoms with E-state index in [4.69, 9.17) is 9.88 Å². The number of ether oxygens (including phenoxy) is 1. The van der Waals surface area contributed by atoms with Gasteiger partial charge in [0.05, 0.1) is 11.9 Å². The first kappa shape index (κ1) is 10.7. The monoisotopic (exact) mass is 205 g/mol. The van der Waals surface area contributed by atoms with Gasteiger partial charge in [-0.3, -0.25) is 0 Å². The molecule has 13 heavy (non-hydrogen) atoms. The summed E-state index contributed by atoms with van der Waals surface area (Å²) in [5.41, 5.74) is 0. The quantitative estimate of drug-likeness (QED) is 0.672. The van der Waals surface area contributed by atoms with Crippen molar-refractivity contribution < 1.29 is 13.2 Å². The van der Waals surface area contributed by atoms with Crippen LogP contribution in [0.25, 0.3) is 0 Å². The van der Waals surface area contributed by atoms with Gasteiger partial charge in [0.25, 0.3) is 0 Å². The Hall–Kier alpha value is -0.390. The second kappa shape index (κ2) is 4.21. The summed E-state index contributed by atoms with van der Waals surface area (Å²) in [5, 5.41) is 4.65. The molecule has 0 aromatic heterocycles. The summed E-state index contributed by atoms with van der Waals surface area (Å²) < 4.78 is 27.5. The third kappa shape index (κ3) is 2.79. The van der Waals surface area contributed by atoms with E-state index < -0.39 is 15.3 Å². The topological polar surface area (TPSA) is 69.4 Å². The minimum atomic E-state index is -3.43. The van der Waals surface area contributed by atoms with E-state index in [0.29, 0.717) is 26.1 Å². The number of primary sulfonamides is 1. The van der Waals surface area contributed by atoms with E-state index in [0.717, 1.165) is 0 Å². The van der Waals surface area contributed by atoms with Gasteiger partial charge in [0.2, 0.25) is 10.0 Å². The summed E-state index contributed by atoms with van der Waals surface area (Å²) in [7, 11) is -3.43. The summed E-state index contributed by atoms with van der Waals surface area (Å²) in [6.07, 6.45) is 2.84. The molecule has 2 atom stereocenters. The van der Waals surface area contributed by atoms with E-state index in [2.05, 4.69) is 6.58 Å². The van der Waals surface area contributed by atoms with Crippen LogP contribution in [0.2, 0.25) is 0 Å². The maximum Gasteiger partial charge on any atom is 0.212 e. The Balaban J connectivity index is 2.73. The lowest BCUT2D eigenvalue weighted by atomic mass is 9.98. The van der Waals surface area contributed by atoms with Gasteiger partial charge in [-0.25, -0.2) is 13.6 Å². The van der Waals surface area contributed by atoms with Crippen LogP contribution in [-0.2, 0) is 14.8 Å². The lowest BCUT2D eigenvalue weighted by molar-refractivity contribution is 0.0582. The Bertz CT molecular complexity index is 273. The van der Waals surface area contributed by atoms with E-state index >= 15 is 0 Å². The summed E-state index contributed by atoms with van der Waals surface area (Å²) in [5.74, 6) is -0.0266. The van der Waals surface area contributed by atoms with Crippen LogP contribution in [0.5, 0.6) is 0 Å².